The smallest absolute Gasteiger partial charge is 0.333 e. The van der Waals surface area contributed by atoms with Crippen molar-refractivity contribution in [3.63, 3.8) is 0 Å². The van der Waals surface area contributed by atoms with Gasteiger partial charge in [-0.15, -0.1) is 0 Å². The van der Waals surface area contributed by atoms with Crippen molar-refractivity contribution >= 4 is 11.9 Å². The Bertz CT molecular complexity index is 560. The highest BCUT2D eigenvalue weighted by Crippen LogP contribution is 2.52. The summed E-state index contributed by atoms with van der Waals surface area (Å²) in [5.74, 6) is 0.356. The van der Waals surface area contributed by atoms with Crippen molar-refractivity contribution in [1.82, 2.24) is 0 Å². The molecule has 0 aromatic carbocycles. The third-order valence-corrected chi connectivity index (χ3v) is 6.67. The SMILES string of the molecule is C=C(C)C(=O)OC1(C)CC2CC(C1)C(C(=O)OC1(CC)CCCC1)C2. The molecule has 25 heavy (non-hydrogen) atoms. The maximum atomic E-state index is 12.9. The van der Waals surface area contributed by atoms with E-state index >= 15 is 0 Å². The summed E-state index contributed by atoms with van der Waals surface area (Å²) >= 11 is 0. The summed E-state index contributed by atoms with van der Waals surface area (Å²) in [6.45, 7) is 9.48. The van der Waals surface area contributed by atoms with Gasteiger partial charge in [0.1, 0.15) is 11.2 Å². The highest BCUT2D eigenvalue weighted by Gasteiger charge is 2.51. The molecule has 3 rings (SSSR count). The van der Waals surface area contributed by atoms with Crippen LogP contribution in [0.2, 0.25) is 0 Å². The van der Waals surface area contributed by atoms with Gasteiger partial charge in [-0.25, -0.2) is 4.79 Å². The molecule has 2 bridgehead atoms. The van der Waals surface area contributed by atoms with Crippen LogP contribution < -0.4 is 0 Å². The molecular weight excluding hydrogens is 316 g/mol. The zero-order valence-corrected chi connectivity index (χ0v) is 15.9. The first-order valence-corrected chi connectivity index (χ1v) is 9.87. The largest absolute Gasteiger partial charge is 0.459 e. The molecule has 3 saturated carbocycles. The monoisotopic (exact) mass is 348 g/mol. The van der Waals surface area contributed by atoms with Gasteiger partial charge >= 0.3 is 11.9 Å². The highest BCUT2D eigenvalue weighted by molar-refractivity contribution is 5.87. The van der Waals surface area contributed by atoms with E-state index in [1.54, 1.807) is 6.92 Å². The second-order valence-corrected chi connectivity index (χ2v) is 8.90. The Kier molecular flexibility index (Phi) is 5.00. The number of ether oxygens (including phenoxy) is 2. The van der Waals surface area contributed by atoms with Crippen LogP contribution in [-0.4, -0.2) is 23.1 Å². The Labute approximate surface area is 151 Å². The lowest BCUT2D eigenvalue weighted by Crippen LogP contribution is -2.40. The first-order chi connectivity index (χ1) is 11.8. The van der Waals surface area contributed by atoms with Gasteiger partial charge in [0, 0.05) is 5.57 Å². The number of carbonyl (C=O) groups is 2. The van der Waals surface area contributed by atoms with E-state index in [1.165, 1.54) is 0 Å². The molecule has 4 atom stereocenters. The van der Waals surface area contributed by atoms with Gasteiger partial charge in [-0.1, -0.05) is 13.5 Å². The van der Waals surface area contributed by atoms with Crippen molar-refractivity contribution in [1.29, 1.82) is 0 Å². The van der Waals surface area contributed by atoms with Gasteiger partial charge in [-0.3, -0.25) is 4.79 Å². The van der Waals surface area contributed by atoms with E-state index in [0.29, 0.717) is 11.5 Å². The number of carbonyl (C=O) groups excluding carboxylic acids is 2. The minimum atomic E-state index is -0.478. The van der Waals surface area contributed by atoms with Crippen LogP contribution in [0, 0.1) is 17.8 Å². The first-order valence-electron chi connectivity index (χ1n) is 9.87. The highest BCUT2D eigenvalue weighted by atomic mass is 16.6. The van der Waals surface area contributed by atoms with Crippen molar-refractivity contribution in [3.05, 3.63) is 12.2 Å². The number of fused-ring (bicyclic) bond motifs is 2. The summed E-state index contributed by atoms with van der Waals surface area (Å²) in [6, 6.07) is 0. The standard InChI is InChI=1S/C21H32O4/c1-5-21(8-6-7-9-21)25-19(23)17-11-15-10-16(17)13-20(4,12-15)24-18(22)14(2)3/h15-17H,2,5-13H2,1,3-4H3. The summed E-state index contributed by atoms with van der Waals surface area (Å²) in [7, 11) is 0. The lowest BCUT2D eigenvalue weighted by Gasteiger charge is -2.38. The minimum absolute atomic E-state index is 0.00766. The van der Waals surface area contributed by atoms with E-state index in [1.807, 2.05) is 6.92 Å². The van der Waals surface area contributed by atoms with Crippen LogP contribution in [0.5, 0.6) is 0 Å². The fourth-order valence-electron chi connectivity index (χ4n) is 5.40. The van der Waals surface area contributed by atoms with Crippen molar-refractivity contribution < 1.29 is 19.1 Å². The van der Waals surface area contributed by atoms with E-state index in [4.69, 9.17) is 9.47 Å². The van der Waals surface area contributed by atoms with Gasteiger partial charge in [0.25, 0.3) is 0 Å². The van der Waals surface area contributed by atoms with E-state index < -0.39 is 5.60 Å². The summed E-state index contributed by atoms with van der Waals surface area (Å²) in [6.07, 6.45) is 8.76. The summed E-state index contributed by atoms with van der Waals surface area (Å²) in [5.41, 5.74) is -0.265. The fraction of sp³-hybridized carbons (Fsp3) is 0.810. The zero-order chi connectivity index (χ0) is 18.2. The Morgan fingerprint density at radius 1 is 1.12 bits per heavy atom. The van der Waals surface area contributed by atoms with Crippen LogP contribution in [-0.2, 0) is 19.1 Å². The Hall–Kier alpha value is -1.32. The lowest BCUT2D eigenvalue weighted by atomic mass is 9.77. The molecule has 0 N–H and O–H groups in total. The van der Waals surface area contributed by atoms with Gasteiger partial charge in [-0.05, 0) is 83.5 Å². The molecule has 140 valence electrons. The van der Waals surface area contributed by atoms with E-state index in [-0.39, 0.29) is 29.4 Å². The molecule has 3 aliphatic rings. The third kappa shape index (κ3) is 3.78. The molecule has 0 radical (unpaired) electrons. The molecule has 4 nitrogen and oxygen atoms in total. The van der Waals surface area contributed by atoms with Crippen molar-refractivity contribution in [3.8, 4) is 0 Å². The topological polar surface area (TPSA) is 52.6 Å². The molecule has 0 aromatic rings. The number of esters is 2. The Balaban J connectivity index is 1.65. The van der Waals surface area contributed by atoms with E-state index in [0.717, 1.165) is 57.8 Å². The number of hydrogen-bond acceptors (Lipinski definition) is 4. The summed E-state index contributed by atoms with van der Waals surface area (Å²) < 4.78 is 11.8. The molecule has 3 fully saturated rings. The fourth-order valence-corrected chi connectivity index (χ4v) is 5.40. The quantitative estimate of drug-likeness (QED) is 0.539. The predicted octanol–water partition coefficient (Wildman–Crippen LogP) is 4.57. The van der Waals surface area contributed by atoms with Gasteiger partial charge in [0.2, 0.25) is 0 Å². The Morgan fingerprint density at radius 3 is 2.40 bits per heavy atom. The first kappa shape index (κ1) is 18.5. The van der Waals surface area contributed by atoms with Gasteiger partial charge in [-0.2, -0.15) is 0 Å². The molecule has 0 aromatic heterocycles. The molecule has 0 heterocycles. The second-order valence-electron chi connectivity index (χ2n) is 8.90. The Morgan fingerprint density at radius 2 is 1.80 bits per heavy atom. The molecule has 0 aliphatic heterocycles. The van der Waals surface area contributed by atoms with Gasteiger partial charge in [0.15, 0.2) is 0 Å². The lowest BCUT2D eigenvalue weighted by molar-refractivity contribution is -0.167. The summed E-state index contributed by atoms with van der Waals surface area (Å²) in [4.78, 5) is 24.9. The second kappa shape index (κ2) is 6.77. The predicted molar refractivity (Wildman–Crippen MR) is 95.8 cm³/mol. The van der Waals surface area contributed by atoms with Gasteiger partial charge < -0.3 is 9.47 Å². The molecule has 0 spiro atoms. The molecule has 3 aliphatic carbocycles. The molecule has 0 saturated heterocycles. The maximum absolute atomic E-state index is 12.9. The number of hydrogen-bond donors (Lipinski definition) is 0. The normalized spacial score (nSPS) is 36.0. The third-order valence-electron chi connectivity index (χ3n) is 6.67. The molecule has 0 amide bonds. The van der Waals surface area contributed by atoms with Crippen molar-refractivity contribution in [2.75, 3.05) is 0 Å². The number of rotatable bonds is 5. The minimum Gasteiger partial charge on any atom is -0.459 e. The van der Waals surface area contributed by atoms with Crippen LogP contribution >= 0.6 is 0 Å². The van der Waals surface area contributed by atoms with Crippen LogP contribution in [0.15, 0.2) is 12.2 Å². The van der Waals surface area contributed by atoms with Crippen molar-refractivity contribution in [2.24, 2.45) is 17.8 Å². The van der Waals surface area contributed by atoms with Crippen LogP contribution in [0.3, 0.4) is 0 Å². The van der Waals surface area contributed by atoms with Crippen LogP contribution in [0.25, 0.3) is 0 Å². The maximum Gasteiger partial charge on any atom is 0.333 e. The average Bonchev–Trinajstić information content (AvgIpc) is 3.12. The van der Waals surface area contributed by atoms with E-state index in [9.17, 15) is 9.59 Å². The molecule has 4 heteroatoms. The van der Waals surface area contributed by atoms with Gasteiger partial charge in [0.05, 0.1) is 5.92 Å². The van der Waals surface area contributed by atoms with E-state index in [2.05, 4.69) is 13.5 Å². The zero-order valence-electron chi connectivity index (χ0n) is 15.9. The molecular formula is C21H32O4. The van der Waals surface area contributed by atoms with Crippen molar-refractivity contribution in [2.45, 2.75) is 89.8 Å². The average molecular weight is 348 g/mol. The molecule has 4 unspecified atom stereocenters. The summed E-state index contributed by atoms with van der Waals surface area (Å²) in [5, 5.41) is 0. The van der Waals surface area contributed by atoms with Crippen LogP contribution in [0.1, 0.15) is 78.6 Å². The van der Waals surface area contributed by atoms with Crippen LogP contribution in [0.4, 0.5) is 0 Å².